The summed E-state index contributed by atoms with van der Waals surface area (Å²) in [6.45, 7) is 3.25. The van der Waals surface area contributed by atoms with E-state index in [1.807, 2.05) is 0 Å². The van der Waals surface area contributed by atoms with Crippen molar-refractivity contribution < 1.29 is 27.5 Å². The number of amides is 1. The standard InChI is InChI=1S/C8H10F3NO3/c1-3-4-5(6(13)15-2)12-7(14)8(9,10)11/h3,5H,1,4H2,2H3,(H,12,14)/t5-/m0/s1. The van der Waals surface area contributed by atoms with E-state index in [-0.39, 0.29) is 6.42 Å². The van der Waals surface area contributed by atoms with E-state index in [0.717, 1.165) is 7.11 Å². The Kier molecular flexibility index (Phi) is 4.83. The van der Waals surface area contributed by atoms with E-state index in [1.165, 1.54) is 11.4 Å². The summed E-state index contributed by atoms with van der Waals surface area (Å²) in [7, 11) is 1.01. The fourth-order valence-electron chi connectivity index (χ4n) is 0.763. The minimum Gasteiger partial charge on any atom is -0.467 e. The van der Waals surface area contributed by atoms with Gasteiger partial charge in [-0.1, -0.05) is 6.08 Å². The molecule has 1 atom stereocenters. The Hall–Kier alpha value is -1.53. The van der Waals surface area contributed by atoms with Gasteiger partial charge in [-0.05, 0) is 6.42 Å². The molecule has 0 aliphatic heterocycles. The molecule has 0 aromatic carbocycles. The van der Waals surface area contributed by atoms with Gasteiger partial charge in [0, 0.05) is 0 Å². The third kappa shape index (κ3) is 4.48. The smallest absolute Gasteiger partial charge is 0.467 e. The summed E-state index contributed by atoms with van der Waals surface area (Å²) in [4.78, 5) is 21.4. The van der Waals surface area contributed by atoms with Gasteiger partial charge in [-0.2, -0.15) is 13.2 Å². The highest BCUT2D eigenvalue weighted by molar-refractivity contribution is 5.87. The lowest BCUT2D eigenvalue weighted by Gasteiger charge is -2.15. The fourth-order valence-corrected chi connectivity index (χ4v) is 0.763. The molecule has 0 aromatic heterocycles. The molecule has 1 amide bonds. The summed E-state index contributed by atoms with van der Waals surface area (Å²) in [5.74, 6) is -3.13. The Morgan fingerprint density at radius 3 is 2.40 bits per heavy atom. The van der Waals surface area contributed by atoms with Crippen LogP contribution in [0.4, 0.5) is 13.2 Å². The Bertz CT molecular complexity index is 262. The molecule has 1 N–H and O–H groups in total. The summed E-state index contributed by atoms with van der Waals surface area (Å²) in [5.41, 5.74) is 0. The average Bonchev–Trinajstić information content (AvgIpc) is 2.14. The summed E-state index contributed by atoms with van der Waals surface area (Å²) in [6.07, 6.45) is -3.94. The van der Waals surface area contributed by atoms with Gasteiger partial charge in [-0.25, -0.2) is 4.79 Å². The lowest BCUT2D eigenvalue weighted by molar-refractivity contribution is -0.175. The number of ether oxygens (including phenoxy) is 1. The van der Waals surface area contributed by atoms with E-state index in [0.29, 0.717) is 0 Å². The molecule has 0 aliphatic rings. The summed E-state index contributed by atoms with van der Waals surface area (Å²) in [5, 5.41) is 1.50. The molecule has 0 unspecified atom stereocenters. The van der Waals surface area contributed by atoms with Crippen LogP contribution in [0.15, 0.2) is 12.7 Å². The monoisotopic (exact) mass is 225 g/mol. The Labute approximate surface area is 84.1 Å². The average molecular weight is 225 g/mol. The van der Waals surface area contributed by atoms with Crippen molar-refractivity contribution >= 4 is 11.9 Å². The highest BCUT2D eigenvalue weighted by Crippen LogP contribution is 2.15. The number of alkyl halides is 3. The highest BCUT2D eigenvalue weighted by atomic mass is 19.4. The third-order valence-corrected chi connectivity index (χ3v) is 1.45. The Morgan fingerprint density at radius 1 is 1.53 bits per heavy atom. The predicted octanol–water partition coefficient (Wildman–Crippen LogP) is 0.783. The third-order valence-electron chi connectivity index (χ3n) is 1.45. The van der Waals surface area contributed by atoms with Gasteiger partial charge in [0.25, 0.3) is 0 Å². The number of hydrogen-bond acceptors (Lipinski definition) is 3. The summed E-state index contributed by atoms with van der Waals surface area (Å²) in [6, 6.07) is -1.36. The van der Waals surface area contributed by atoms with Gasteiger partial charge in [-0.15, -0.1) is 6.58 Å². The van der Waals surface area contributed by atoms with Crippen LogP contribution in [0, 0.1) is 0 Å². The maximum atomic E-state index is 11.8. The largest absolute Gasteiger partial charge is 0.471 e. The van der Waals surface area contributed by atoms with Gasteiger partial charge in [-0.3, -0.25) is 4.79 Å². The first-order valence-corrected chi connectivity index (χ1v) is 3.89. The number of carbonyl (C=O) groups is 2. The van der Waals surface area contributed by atoms with Crippen LogP contribution < -0.4 is 5.32 Å². The summed E-state index contributed by atoms with van der Waals surface area (Å²) >= 11 is 0. The molecule has 0 aromatic rings. The molecular weight excluding hydrogens is 215 g/mol. The molecule has 4 nitrogen and oxygen atoms in total. The quantitative estimate of drug-likeness (QED) is 0.568. The number of esters is 1. The first kappa shape index (κ1) is 13.5. The molecule has 86 valence electrons. The van der Waals surface area contributed by atoms with E-state index in [2.05, 4.69) is 11.3 Å². The van der Waals surface area contributed by atoms with Crippen molar-refractivity contribution in [3.05, 3.63) is 12.7 Å². The molecule has 0 radical (unpaired) electrons. The number of hydrogen-bond donors (Lipinski definition) is 1. The zero-order valence-electron chi connectivity index (χ0n) is 7.93. The van der Waals surface area contributed by atoms with Crippen LogP contribution in [-0.4, -0.2) is 31.2 Å². The van der Waals surface area contributed by atoms with Crippen LogP contribution >= 0.6 is 0 Å². The molecule has 0 saturated heterocycles. The second-order valence-corrected chi connectivity index (χ2v) is 2.57. The zero-order chi connectivity index (χ0) is 12.1. The number of rotatable bonds is 4. The van der Waals surface area contributed by atoms with Crippen LogP contribution in [0.3, 0.4) is 0 Å². The second-order valence-electron chi connectivity index (χ2n) is 2.57. The molecule has 0 spiro atoms. The van der Waals surface area contributed by atoms with Crippen molar-refractivity contribution in [3.63, 3.8) is 0 Å². The highest BCUT2D eigenvalue weighted by Gasteiger charge is 2.40. The van der Waals surface area contributed by atoms with Crippen LogP contribution in [0.25, 0.3) is 0 Å². The molecule has 0 saturated carbocycles. The van der Waals surface area contributed by atoms with Gasteiger partial charge < -0.3 is 10.1 Å². The normalized spacial score (nSPS) is 12.8. The van der Waals surface area contributed by atoms with Crippen LogP contribution in [0.1, 0.15) is 6.42 Å². The van der Waals surface area contributed by atoms with Crippen molar-refractivity contribution in [2.75, 3.05) is 7.11 Å². The topological polar surface area (TPSA) is 55.4 Å². The van der Waals surface area contributed by atoms with E-state index in [9.17, 15) is 22.8 Å². The molecule has 0 fully saturated rings. The molecule has 0 bridgehead atoms. The van der Waals surface area contributed by atoms with E-state index < -0.39 is 24.1 Å². The minimum atomic E-state index is -5.02. The molecule has 15 heavy (non-hydrogen) atoms. The van der Waals surface area contributed by atoms with Gasteiger partial charge in [0.2, 0.25) is 0 Å². The first-order valence-electron chi connectivity index (χ1n) is 3.89. The van der Waals surface area contributed by atoms with Crippen molar-refractivity contribution in [3.8, 4) is 0 Å². The van der Waals surface area contributed by atoms with Crippen LogP contribution in [0.2, 0.25) is 0 Å². The number of carbonyl (C=O) groups excluding carboxylic acids is 2. The van der Waals surface area contributed by atoms with E-state index >= 15 is 0 Å². The number of halogens is 3. The SMILES string of the molecule is C=CC[C@H](NC(=O)C(F)(F)F)C(=O)OC. The van der Waals surface area contributed by atoms with Gasteiger partial charge in [0.15, 0.2) is 0 Å². The van der Waals surface area contributed by atoms with Crippen molar-refractivity contribution in [1.82, 2.24) is 5.32 Å². The summed E-state index contributed by atoms with van der Waals surface area (Å²) < 4.78 is 39.7. The molecule has 0 rings (SSSR count). The maximum Gasteiger partial charge on any atom is 0.471 e. The van der Waals surface area contributed by atoms with E-state index in [1.54, 1.807) is 0 Å². The van der Waals surface area contributed by atoms with Crippen molar-refractivity contribution in [2.24, 2.45) is 0 Å². The minimum absolute atomic E-state index is 0.130. The molecule has 0 aliphatic carbocycles. The zero-order valence-corrected chi connectivity index (χ0v) is 7.93. The predicted molar refractivity (Wildman–Crippen MR) is 44.8 cm³/mol. The van der Waals surface area contributed by atoms with E-state index in [4.69, 9.17) is 0 Å². The lowest BCUT2D eigenvalue weighted by Crippen LogP contribution is -2.47. The fraction of sp³-hybridized carbons (Fsp3) is 0.500. The van der Waals surface area contributed by atoms with Crippen LogP contribution in [0.5, 0.6) is 0 Å². The maximum absolute atomic E-state index is 11.8. The van der Waals surface area contributed by atoms with Crippen molar-refractivity contribution in [1.29, 1.82) is 0 Å². The Morgan fingerprint density at radius 2 is 2.07 bits per heavy atom. The molecule has 7 heteroatoms. The first-order chi connectivity index (χ1) is 6.82. The van der Waals surface area contributed by atoms with Gasteiger partial charge in [0.05, 0.1) is 7.11 Å². The Balaban J connectivity index is 4.48. The number of nitrogens with one attached hydrogen (secondary N) is 1. The molecule has 0 heterocycles. The lowest BCUT2D eigenvalue weighted by atomic mass is 10.2. The number of methoxy groups -OCH3 is 1. The van der Waals surface area contributed by atoms with Crippen molar-refractivity contribution in [2.45, 2.75) is 18.6 Å². The van der Waals surface area contributed by atoms with Gasteiger partial charge >= 0.3 is 18.1 Å². The van der Waals surface area contributed by atoms with Gasteiger partial charge in [0.1, 0.15) is 6.04 Å². The van der Waals surface area contributed by atoms with Crippen LogP contribution in [-0.2, 0) is 14.3 Å². The second kappa shape index (κ2) is 5.38. The molecular formula is C8H10F3NO3.